The molecule has 1 radical (unpaired) electrons. The molecule has 0 saturated carbocycles. The molecule has 0 spiro atoms. The maximum absolute atomic E-state index is 10.2. The summed E-state index contributed by atoms with van der Waals surface area (Å²) in [6.45, 7) is 2.78. The average molecular weight is 136 g/mol. The van der Waals surface area contributed by atoms with Crippen molar-refractivity contribution in [2.75, 3.05) is 6.54 Å². The van der Waals surface area contributed by atoms with Gasteiger partial charge in [-0.1, -0.05) is 6.58 Å². The summed E-state index contributed by atoms with van der Waals surface area (Å²) in [4.78, 5) is 20.0. The van der Waals surface area contributed by atoms with Crippen molar-refractivity contribution in [3.8, 4) is 0 Å². The predicted molar refractivity (Wildman–Crippen MR) is 36.6 cm³/mol. The first-order chi connectivity index (χ1) is 4.16. The summed E-state index contributed by atoms with van der Waals surface area (Å²) in [6, 6.07) is 0. The third kappa shape index (κ3) is 7.28. The first-order valence-electron chi connectivity index (χ1n) is 2.29. The van der Waals surface area contributed by atoms with Crippen LogP contribution in [0.2, 0.25) is 0 Å². The van der Waals surface area contributed by atoms with Crippen molar-refractivity contribution in [3.05, 3.63) is 12.7 Å². The van der Waals surface area contributed by atoms with Gasteiger partial charge in [0.2, 0.25) is 5.91 Å². The molecule has 1 amide bonds. The molecule has 10 heavy (non-hydrogen) atoms. The second-order valence-electron chi connectivity index (χ2n) is 1.32. The summed E-state index contributed by atoms with van der Waals surface area (Å²) in [7, 11) is 0. The normalized spacial score (nSPS) is 7.20. The minimum Gasteiger partial charge on any atom is -0.480 e. The van der Waals surface area contributed by atoms with Crippen molar-refractivity contribution in [2.24, 2.45) is 0 Å². The van der Waals surface area contributed by atoms with E-state index in [0.29, 0.717) is 0 Å². The SMILES string of the molecule is C=CC(=O)NCC(=O)O.[Li]. The summed E-state index contributed by atoms with van der Waals surface area (Å²) in [5.41, 5.74) is 0. The van der Waals surface area contributed by atoms with Gasteiger partial charge >= 0.3 is 5.97 Å². The molecule has 0 aromatic rings. The molecule has 0 aliphatic heterocycles. The predicted octanol–water partition coefficient (Wildman–Crippen LogP) is -1.01. The van der Waals surface area contributed by atoms with Crippen molar-refractivity contribution in [3.63, 3.8) is 0 Å². The molecule has 0 fully saturated rings. The molecule has 0 aromatic heterocycles. The molecule has 0 bridgehead atoms. The van der Waals surface area contributed by atoms with Gasteiger partial charge in [0.1, 0.15) is 6.54 Å². The number of carboxylic acid groups (broad SMARTS) is 1. The maximum Gasteiger partial charge on any atom is 0.322 e. The fourth-order valence-electron chi connectivity index (χ4n) is 0.235. The molecular formula is C5H7LiNO3. The Balaban J connectivity index is 0. The van der Waals surface area contributed by atoms with Crippen LogP contribution in [-0.2, 0) is 9.59 Å². The topological polar surface area (TPSA) is 66.4 Å². The maximum atomic E-state index is 10.2. The van der Waals surface area contributed by atoms with Gasteiger partial charge in [-0.2, -0.15) is 0 Å². The van der Waals surface area contributed by atoms with Gasteiger partial charge in [0, 0.05) is 18.9 Å². The molecule has 0 rings (SSSR count). The van der Waals surface area contributed by atoms with Gasteiger partial charge in [0.05, 0.1) is 0 Å². The summed E-state index contributed by atoms with van der Waals surface area (Å²) in [5.74, 6) is -1.54. The second-order valence-corrected chi connectivity index (χ2v) is 1.32. The third-order valence-electron chi connectivity index (χ3n) is 0.599. The van der Waals surface area contributed by atoms with Gasteiger partial charge in [-0.05, 0) is 6.08 Å². The first-order valence-corrected chi connectivity index (χ1v) is 2.29. The van der Waals surface area contributed by atoms with E-state index in [1.54, 1.807) is 0 Å². The number of aliphatic carboxylic acids is 1. The molecule has 0 saturated heterocycles. The van der Waals surface area contributed by atoms with Crippen molar-refractivity contribution >= 4 is 30.7 Å². The van der Waals surface area contributed by atoms with Gasteiger partial charge in [-0.3, -0.25) is 9.59 Å². The molecule has 0 unspecified atom stereocenters. The molecule has 5 heteroatoms. The first kappa shape index (κ1) is 12.0. The Morgan fingerprint density at radius 3 is 2.40 bits per heavy atom. The number of carbonyl (C=O) groups is 2. The summed E-state index contributed by atoms with van der Waals surface area (Å²) < 4.78 is 0. The fraction of sp³-hybridized carbons (Fsp3) is 0.200. The smallest absolute Gasteiger partial charge is 0.322 e. The zero-order valence-corrected chi connectivity index (χ0v) is 5.76. The number of rotatable bonds is 3. The molecule has 0 atom stereocenters. The Morgan fingerprint density at radius 2 is 2.10 bits per heavy atom. The molecule has 0 heterocycles. The number of hydrogen-bond acceptors (Lipinski definition) is 2. The summed E-state index contributed by atoms with van der Waals surface area (Å²) >= 11 is 0. The Labute approximate surface area is 70.5 Å². The van der Waals surface area contributed by atoms with E-state index < -0.39 is 11.9 Å². The largest absolute Gasteiger partial charge is 0.480 e. The molecule has 0 aliphatic carbocycles. The zero-order chi connectivity index (χ0) is 7.28. The molecule has 51 valence electrons. The van der Waals surface area contributed by atoms with Crippen LogP contribution in [0, 0.1) is 0 Å². The van der Waals surface area contributed by atoms with E-state index in [0.717, 1.165) is 6.08 Å². The minimum absolute atomic E-state index is 0. The molecular weight excluding hydrogens is 129 g/mol. The van der Waals surface area contributed by atoms with Gasteiger partial charge in [-0.15, -0.1) is 0 Å². The molecule has 2 N–H and O–H groups in total. The van der Waals surface area contributed by atoms with Crippen LogP contribution < -0.4 is 5.32 Å². The van der Waals surface area contributed by atoms with Crippen molar-refractivity contribution in [2.45, 2.75) is 0 Å². The fourth-order valence-corrected chi connectivity index (χ4v) is 0.235. The van der Waals surface area contributed by atoms with Crippen LogP contribution >= 0.6 is 0 Å². The van der Waals surface area contributed by atoms with E-state index in [-0.39, 0.29) is 25.4 Å². The van der Waals surface area contributed by atoms with Gasteiger partial charge in [0.15, 0.2) is 0 Å². The second kappa shape index (κ2) is 6.40. The van der Waals surface area contributed by atoms with Gasteiger partial charge in [-0.25, -0.2) is 0 Å². The van der Waals surface area contributed by atoms with Crippen LogP contribution in [0.15, 0.2) is 12.7 Å². The Bertz CT molecular complexity index is 146. The molecule has 0 aromatic carbocycles. The van der Waals surface area contributed by atoms with Crippen molar-refractivity contribution in [1.29, 1.82) is 0 Å². The monoisotopic (exact) mass is 136 g/mol. The number of carbonyl (C=O) groups excluding carboxylic acids is 1. The standard InChI is InChI=1S/C5H7NO3.Li/c1-2-4(7)6-3-5(8)9;/h2H,1,3H2,(H,6,7)(H,8,9);. The van der Waals surface area contributed by atoms with E-state index in [1.807, 2.05) is 0 Å². The minimum atomic E-state index is -1.06. The zero-order valence-electron chi connectivity index (χ0n) is 5.76. The van der Waals surface area contributed by atoms with Crippen LogP contribution in [0.5, 0.6) is 0 Å². The van der Waals surface area contributed by atoms with Crippen LogP contribution in [0.4, 0.5) is 0 Å². The van der Waals surface area contributed by atoms with E-state index in [1.165, 1.54) is 0 Å². The third-order valence-corrected chi connectivity index (χ3v) is 0.599. The quantitative estimate of drug-likeness (QED) is 0.386. The molecule has 4 nitrogen and oxygen atoms in total. The van der Waals surface area contributed by atoms with Crippen LogP contribution in [-0.4, -0.2) is 42.4 Å². The van der Waals surface area contributed by atoms with Gasteiger partial charge in [0.25, 0.3) is 0 Å². The van der Waals surface area contributed by atoms with Crippen LogP contribution in [0.3, 0.4) is 0 Å². The molecule has 0 aliphatic rings. The van der Waals surface area contributed by atoms with Crippen LogP contribution in [0.25, 0.3) is 0 Å². The van der Waals surface area contributed by atoms with Crippen LogP contribution in [0.1, 0.15) is 0 Å². The Hall–Kier alpha value is -0.723. The number of carboxylic acids is 1. The Morgan fingerprint density at radius 1 is 1.60 bits per heavy atom. The van der Waals surface area contributed by atoms with Crippen molar-refractivity contribution in [1.82, 2.24) is 5.32 Å². The van der Waals surface area contributed by atoms with Gasteiger partial charge < -0.3 is 10.4 Å². The van der Waals surface area contributed by atoms with E-state index in [4.69, 9.17) is 5.11 Å². The number of hydrogen-bond donors (Lipinski definition) is 2. The number of amides is 1. The van der Waals surface area contributed by atoms with E-state index in [2.05, 4.69) is 11.9 Å². The van der Waals surface area contributed by atoms with Crippen molar-refractivity contribution < 1.29 is 14.7 Å². The summed E-state index contributed by atoms with van der Waals surface area (Å²) in [5, 5.41) is 10.1. The van der Waals surface area contributed by atoms with E-state index in [9.17, 15) is 9.59 Å². The number of nitrogens with one attached hydrogen (secondary N) is 1. The van der Waals surface area contributed by atoms with E-state index >= 15 is 0 Å². The Kier molecular flexibility index (Phi) is 7.68. The average Bonchev–Trinajstić information content (AvgIpc) is 1.83. The summed E-state index contributed by atoms with van der Waals surface area (Å²) in [6.07, 6.45) is 1.02.